The molecule has 1 unspecified atom stereocenters. The fraction of sp³-hybridized carbons (Fsp3) is 0.524. The average molecular weight is 399 g/mol. The van der Waals surface area contributed by atoms with Crippen LogP contribution in [0.25, 0.3) is 10.8 Å². The summed E-state index contributed by atoms with van der Waals surface area (Å²) in [5, 5.41) is 6.13. The van der Waals surface area contributed by atoms with E-state index in [0.717, 1.165) is 31.9 Å². The molecule has 0 aromatic heterocycles. The van der Waals surface area contributed by atoms with Crippen molar-refractivity contribution in [3.63, 3.8) is 0 Å². The lowest BCUT2D eigenvalue weighted by Gasteiger charge is -2.39. The first-order valence-electron chi connectivity index (χ1n) is 9.35. The number of hydrogen-bond donors (Lipinski definition) is 1. The highest BCUT2D eigenvalue weighted by Crippen LogP contribution is 2.41. The number of halogens is 2. The van der Waals surface area contributed by atoms with Crippen LogP contribution in [-0.2, 0) is 0 Å². The van der Waals surface area contributed by atoms with Crippen molar-refractivity contribution in [2.24, 2.45) is 5.92 Å². The molecule has 2 aromatic carbocycles. The third-order valence-electron chi connectivity index (χ3n) is 5.25. The van der Waals surface area contributed by atoms with Gasteiger partial charge in [0.25, 0.3) is 0 Å². The van der Waals surface area contributed by atoms with Gasteiger partial charge in [-0.05, 0) is 29.7 Å². The maximum atomic E-state index is 6.07. The van der Waals surface area contributed by atoms with E-state index in [1.54, 1.807) is 0 Å². The molecule has 1 saturated heterocycles. The molecule has 5 heteroatoms. The van der Waals surface area contributed by atoms with E-state index in [2.05, 4.69) is 67.4 Å². The number of rotatable bonds is 6. The number of nitrogens with one attached hydrogen (secondary N) is 1. The molecule has 3 nitrogen and oxygen atoms in total. The van der Waals surface area contributed by atoms with Crippen LogP contribution in [0.5, 0.6) is 5.75 Å². The maximum absolute atomic E-state index is 6.07. The average Bonchev–Trinajstić information content (AvgIpc) is 2.64. The number of nitrogens with zero attached hydrogens (tertiary/aromatic N) is 1. The van der Waals surface area contributed by atoms with Gasteiger partial charge in [0, 0.05) is 37.8 Å². The van der Waals surface area contributed by atoms with Gasteiger partial charge in [-0.15, -0.1) is 24.8 Å². The Morgan fingerprint density at radius 2 is 1.73 bits per heavy atom. The minimum Gasteiger partial charge on any atom is -0.494 e. The molecular formula is C21H32Cl2N2O. The zero-order chi connectivity index (χ0) is 16.9. The molecule has 2 aromatic rings. The third kappa shape index (κ3) is 4.83. The van der Waals surface area contributed by atoms with Gasteiger partial charge >= 0.3 is 0 Å². The summed E-state index contributed by atoms with van der Waals surface area (Å²) in [6, 6.07) is 13.5. The quantitative estimate of drug-likeness (QED) is 0.734. The molecule has 0 bridgehead atoms. The largest absolute Gasteiger partial charge is 0.494 e. The van der Waals surface area contributed by atoms with Crippen LogP contribution in [0.15, 0.2) is 36.4 Å². The van der Waals surface area contributed by atoms with Gasteiger partial charge in [-0.3, -0.25) is 4.90 Å². The molecule has 1 aliphatic heterocycles. The summed E-state index contributed by atoms with van der Waals surface area (Å²) in [5.74, 6) is 1.65. The molecule has 1 N–H and O–H groups in total. The van der Waals surface area contributed by atoms with Crippen LogP contribution in [-0.4, -0.2) is 37.7 Å². The first-order chi connectivity index (χ1) is 11.8. The van der Waals surface area contributed by atoms with Gasteiger partial charge in [0.2, 0.25) is 0 Å². The lowest BCUT2D eigenvalue weighted by molar-refractivity contribution is 0.126. The smallest absolute Gasteiger partial charge is 0.124 e. The summed E-state index contributed by atoms with van der Waals surface area (Å²) in [6.07, 6.45) is 1.17. The number of piperazine rings is 1. The van der Waals surface area contributed by atoms with E-state index >= 15 is 0 Å². The molecule has 1 aliphatic rings. The molecule has 3 rings (SSSR count). The second-order valence-corrected chi connectivity index (χ2v) is 6.75. The number of fused-ring (bicyclic) bond motifs is 1. The van der Waals surface area contributed by atoms with Gasteiger partial charge in [0.15, 0.2) is 0 Å². The Hall–Kier alpha value is -1.00. The van der Waals surface area contributed by atoms with Crippen molar-refractivity contribution in [1.29, 1.82) is 0 Å². The topological polar surface area (TPSA) is 24.5 Å². The van der Waals surface area contributed by atoms with E-state index in [-0.39, 0.29) is 24.8 Å². The molecule has 2 atom stereocenters. The van der Waals surface area contributed by atoms with Crippen molar-refractivity contribution in [2.45, 2.75) is 33.2 Å². The Kier molecular flexibility index (Phi) is 9.73. The summed E-state index contributed by atoms with van der Waals surface area (Å²) in [4.78, 5) is 2.65. The molecule has 0 saturated carbocycles. The zero-order valence-corrected chi connectivity index (χ0v) is 17.7. The zero-order valence-electron chi connectivity index (χ0n) is 16.0. The Balaban J connectivity index is 0.00000169. The highest BCUT2D eigenvalue weighted by Gasteiger charge is 2.30. The predicted molar refractivity (Wildman–Crippen MR) is 116 cm³/mol. The van der Waals surface area contributed by atoms with Crippen LogP contribution in [0.2, 0.25) is 0 Å². The summed E-state index contributed by atoms with van der Waals surface area (Å²) >= 11 is 0. The second kappa shape index (κ2) is 11.0. The first-order valence-corrected chi connectivity index (χ1v) is 9.35. The molecule has 146 valence electrons. The van der Waals surface area contributed by atoms with Crippen LogP contribution in [0.4, 0.5) is 0 Å². The van der Waals surface area contributed by atoms with Crippen molar-refractivity contribution in [2.75, 3.05) is 32.8 Å². The lowest BCUT2D eigenvalue weighted by Crippen LogP contribution is -2.46. The van der Waals surface area contributed by atoms with E-state index in [4.69, 9.17) is 4.74 Å². The minimum absolute atomic E-state index is 0. The van der Waals surface area contributed by atoms with Crippen LogP contribution in [0, 0.1) is 5.92 Å². The van der Waals surface area contributed by atoms with Crippen molar-refractivity contribution in [3.8, 4) is 5.75 Å². The van der Waals surface area contributed by atoms with Crippen LogP contribution < -0.4 is 10.1 Å². The second-order valence-electron chi connectivity index (χ2n) is 6.75. The highest BCUT2D eigenvalue weighted by molar-refractivity contribution is 5.88. The van der Waals surface area contributed by atoms with Gasteiger partial charge in [-0.2, -0.15) is 0 Å². The third-order valence-corrected chi connectivity index (χ3v) is 5.25. The van der Waals surface area contributed by atoms with Crippen LogP contribution >= 0.6 is 24.8 Å². The molecular weight excluding hydrogens is 367 g/mol. The fourth-order valence-electron chi connectivity index (χ4n) is 3.87. The monoisotopic (exact) mass is 398 g/mol. The van der Waals surface area contributed by atoms with Crippen LogP contribution in [0.3, 0.4) is 0 Å². The number of benzene rings is 2. The normalized spacial score (nSPS) is 17.0. The van der Waals surface area contributed by atoms with E-state index in [1.165, 1.54) is 22.8 Å². The molecule has 0 amide bonds. The Morgan fingerprint density at radius 3 is 2.38 bits per heavy atom. The van der Waals surface area contributed by atoms with Gasteiger partial charge in [-0.1, -0.05) is 50.6 Å². The van der Waals surface area contributed by atoms with Crippen molar-refractivity contribution < 1.29 is 4.74 Å². The summed E-state index contributed by atoms with van der Waals surface area (Å²) in [5.41, 5.74) is 1.38. The van der Waals surface area contributed by atoms with Gasteiger partial charge in [0.1, 0.15) is 5.75 Å². The van der Waals surface area contributed by atoms with Crippen molar-refractivity contribution in [3.05, 3.63) is 42.0 Å². The molecule has 26 heavy (non-hydrogen) atoms. The molecule has 1 heterocycles. The number of ether oxygens (including phenoxy) is 1. The molecule has 0 spiro atoms. The minimum atomic E-state index is 0. The number of hydrogen-bond acceptors (Lipinski definition) is 3. The van der Waals surface area contributed by atoms with E-state index in [0.29, 0.717) is 18.6 Å². The molecule has 0 radical (unpaired) electrons. The molecule has 0 aliphatic carbocycles. The fourth-order valence-corrected chi connectivity index (χ4v) is 3.87. The summed E-state index contributed by atoms with van der Waals surface area (Å²) in [7, 11) is 0. The first kappa shape index (κ1) is 23.0. The summed E-state index contributed by atoms with van der Waals surface area (Å²) < 4.78 is 6.07. The van der Waals surface area contributed by atoms with E-state index in [9.17, 15) is 0 Å². The lowest BCUT2D eigenvalue weighted by atomic mass is 9.87. The Bertz CT molecular complexity index is 674. The van der Waals surface area contributed by atoms with Crippen LogP contribution in [0.1, 0.15) is 38.8 Å². The highest BCUT2D eigenvalue weighted by atomic mass is 35.5. The summed E-state index contributed by atoms with van der Waals surface area (Å²) in [6.45, 7) is 11.8. The Morgan fingerprint density at radius 1 is 1.04 bits per heavy atom. The predicted octanol–water partition coefficient (Wildman–Crippen LogP) is 5.07. The van der Waals surface area contributed by atoms with Gasteiger partial charge in [-0.25, -0.2) is 0 Å². The maximum Gasteiger partial charge on any atom is 0.124 e. The SMILES string of the molecule is CCOc1ccc2ccccc2c1[C@@H](C(C)CC)N1CCNCC1.Cl.Cl. The van der Waals surface area contributed by atoms with E-state index in [1.807, 2.05) is 0 Å². The van der Waals surface area contributed by atoms with Crippen molar-refractivity contribution in [1.82, 2.24) is 10.2 Å². The van der Waals surface area contributed by atoms with E-state index < -0.39 is 0 Å². The standard InChI is InChI=1S/C21H30N2O.2ClH/c1-4-16(3)21(23-14-12-22-13-15-23)20-18-9-7-6-8-17(18)10-11-19(20)24-5-2;;/h6-11,16,21-22H,4-5,12-15H2,1-3H3;2*1H/t16?,21-;;/m1../s1. The van der Waals surface area contributed by atoms with Gasteiger partial charge < -0.3 is 10.1 Å². The molecule has 1 fully saturated rings. The Labute approximate surface area is 170 Å². The van der Waals surface area contributed by atoms with Gasteiger partial charge in [0.05, 0.1) is 6.61 Å². The van der Waals surface area contributed by atoms with Crippen molar-refractivity contribution >= 4 is 35.6 Å².